The van der Waals surface area contributed by atoms with Crippen molar-refractivity contribution in [2.24, 2.45) is 0 Å². The number of phenols is 2. The van der Waals surface area contributed by atoms with Gasteiger partial charge in [0.2, 0.25) is 0 Å². The van der Waals surface area contributed by atoms with Gasteiger partial charge in [-0.2, -0.15) is 0 Å². The maximum Gasteiger partial charge on any atom is 0.118 e. The van der Waals surface area contributed by atoms with Crippen LogP contribution in [0, 0.1) is 0 Å². The summed E-state index contributed by atoms with van der Waals surface area (Å²) in [5, 5.41) is 20.0. The first-order valence-electron chi connectivity index (χ1n) is 12.0. The van der Waals surface area contributed by atoms with Crippen LogP contribution in [0.4, 0.5) is 0 Å². The van der Waals surface area contributed by atoms with Crippen LogP contribution in [0.25, 0.3) is 0 Å². The molecule has 3 nitrogen and oxygen atoms in total. The SMILES string of the molecule is CC.CC(C)(CCCc1ccccc1O)SO.CC(C)S(C)(C)CCCc1ccccc1O. The Kier molecular flexibility index (Phi) is 15.7. The monoisotopic (exact) mass is 496 g/mol. The van der Waals surface area contributed by atoms with E-state index in [1.165, 1.54) is 12.2 Å². The topological polar surface area (TPSA) is 60.7 Å². The highest BCUT2D eigenvalue weighted by molar-refractivity contribution is 8.33. The zero-order valence-corrected chi connectivity index (χ0v) is 23.7. The van der Waals surface area contributed by atoms with Crippen LogP contribution in [0.1, 0.15) is 71.9 Å². The molecule has 0 aliphatic rings. The summed E-state index contributed by atoms with van der Waals surface area (Å²) in [7, 11) is -0.463. The minimum absolute atomic E-state index is 0.0929. The number of hydrogen-bond donors (Lipinski definition) is 3. The number of rotatable bonds is 10. The molecule has 0 aliphatic heterocycles. The molecule has 0 aromatic heterocycles. The molecule has 0 saturated carbocycles. The van der Waals surface area contributed by atoms with Crippen molar-refractivity contribution in [2.75, 3.05) is 18.3 Å². The van der Waals surface area contributed by atoms with Crippen LogP contribution in [0.2, 0.25) is 0 Å². The van der Waals surface area contributed by atoms with Crippen LogP contribution in [0.3, 0.4) is 0 Å². The van der Waals surface area contributed by atoms with Crippen molar-refractivity contribution in [3.05, 3.63) is 59.7 Å². The Morgan fingerprint density at radius 1 is 0.818 bits per heavy atom. The molecule has 190 valence electrons. The smallest absolute Gasteiger partial charge is 0.118 e. The molecule has 0 atom stereocenters. The first-order chi connectivity index (χ1) is 15.5. The summed E-state index contributed by atoms with van der Waals surface area (Å²) in [5.41, 5.74) is 2.07. The fourth-order valence-corrected chi connectivity index (χ4v) is 4.66. The minimum Gasteiger partial charge on any atom is -0.508 e. The molecule has 0 heterocycles. The molecule has 5 heteroatoms. The molecule has 33 heavy (non-hydrogen) atoms. The molecule has 0 fully saturated rings. The van der Waals surface area contributed by atoms with Crippen molar-refractivity contribution >= 4 is 22.1 Å². The third-order valence-electron chi connectivity index (χ3n) is 5.85. The highest BCUT2D eigenvalue weighted by atomic mass is 32.3. The fourth-order valence-electron chi connectivity index (χ4n) is 3.07. The molecule has 2 aromatic rings. The predicted octanol–water partition coefficient (Wildman–Crippen LogP) is 8.52. The molecular formula is C28H48O3S2. The fraction of sp³-hybridized carbons (Fsp3) is 0.571. The first kappa shape index (κ1) is 31.7. The normalized spacial score (nSPS) is 11.8. The lowest BCUT2D eigenvalue weighted by Gasteiger charge is -2.36. The predicted molar refractivity (Wildman–Crippen MR) is 153 cm³/mol. The minimum atomic E-state index is -0.463. The van der Waals surface area contributed by atoms with Crippen molar-refractivity contribution in [1.29, 1.82) is 0 Å². The molecule has 0 radical (unpaired) electrons. The Morgan fingerprint density at radius 3 is 1.64 bits per heavy atom. The average Bonchev–Trinajstić information content (AvgIpc) is 2.78. The van der Waals surface area contributed by atoms with Gasteiger partial charge in [-0.05, 0) is 105 Å². The van der Waals surface area contributed by atoms with Gasteiger partial charge in [0.1, 0.15) is 11.5 Å². The quantitative estimate of drug-likeness (QED) is 0.288. The summed E-state index contributed by atoms with van der Waals surface area (Å²) in [5.74, 6) is 2.10. The average molecular weight is 497 g/mol. The molecule has 0 saturated heterocycles. The van der Waals surface area contributed by atoms with Crippen molar-refractivity contribution in [1.82, 2.24) is 0 Å². The van der Waals surface area contributed by atoms with Crippen molar-refractivity contribution < 1.29 is 14.8 Å². The molecular weight excluding hydrogens is 448 g/mol. The number of para-hydroxylation sites is 2. The van der Waals surface area contributed by atoms with Gasteiger partial charge in [0.15, 0.2) is 0 Å². The Labute approximate surface area is 209 Å². The van der Waals surface area contributed by atoms with Gasteiger partial charge in [-0.25, -0.2) is 10.0 Å². The third kappa shape index (κ3) is 13.2. The largest absolute Gasteiger partial charge is 0.508 e. The maximum atomic E-state index is 9.66. The van der Waals surface area contributed by atoms with Crippen LogP contribution in [0.5, 0.6) is 11.5 Å². The number of aryl methyl sites for hydroxylation is 2. The number of benzene rings is 2. The molecule has 0 amide bonds. The van der Waals surface area contributed by atoms with E-state index in [1.807, 2.05) is 64.1 Å². The lowest BCUT2D eigenvalue weighted by molar-refractivity contribution is 0.464. The van der Waals surface area contributed by atoms with Crippen LogP contribution in [-0.4, -0.2) is 43.0 Å². The van der Waals surface area contributed by atoms with E-state index in [0.29, 0.717) is 11.5 Å². The van der Waals surface area contributed by atoms with Crippen molar-refractivity contribution in [3.63, 3.8) is 0 Å². The molecule has 2 aromatic carbocycles. The lowest BCUT2D eigenvalue weighted by atomic mass is 10.0. The van der Waals surface area contributed by atoms with E-state index in [4.69, 9.17) is 4.55 Å². The number of hydrogen-bond acceptors (Lipinski definition) is 4. The van der Waals surface area contributed by atoms with E-state index in [9.17, 15) is 10.2 Å². The second kappa shape index (κ2) is 16.3. The van der Waals surface area contributed by atoms with Gasteiger partial charge in [0.05, 0.1) is 0 Å². The van der Waals surface area contributed by atoms with E-state index in [1.54, 1.807) is 12.1 Å². The summed E-state index contributed by atoms with van der Waals surface area (Å²) in [6.45, 7) is 12.7. The van der Waals surface area contributed by atoms with Gasteiger partial charge in [0.25, 0.3) is 0 Å². The summed E-state index contributed by atoms with van der Waals surface area (Å²) >= 11 is 0.904. The van der Waals surface area contributed by atoms with E-state index in [-0.39, 0.29) is 4.75 Å². The van der Waals surface area contributed by atoms with Crippen LogP contribution in [-0.2, 0) is 12.8 Å². The summed E-state index contributed by atoms with van der Waals surface area (Å²) in [4.78, 5) is 0. The summed E-state index contributed by atoms with van der Waals surface area (Å²) in [6, 6.07) is 15.1. The number of aromatic hydroxyl groups is 2. The highest BCUT2D eigenvalue weighted by Gasteiger charge is 2.17. The first-order valence-corrected chi connectivity index (χ1v) is 15.5. The third-order valence-corrected chi connectivity index (χ3v) is 10.4. The van der Waals surface area contributed by atoms with E-state index >= 15 is 0 Å². The summed E-state index contributed by atoms with van der Waals surface area (Å²) < 4.78 is 8.92. The zero-order valence-electron chi connectivity index (χ0n) is 22.1. The molecule has 2 rings (SSSR count). The molecule has 0 unspecified atom stereocenters. The Balaban J connectivity index is 0.000000578. The van der Waals surface area contributed by atoms with Crippen molar-refractivity contribution in [3.8, 4) is 11.5 Å². The van der Waals surface area contributed by atoms with Gasteiger partial charge in [-0.3, -0.25) is 0 Å². The van der Waals surface area contributed by atoms with E-state index in [0.717, 1.165) is 54.1 Å². The Morgan fingerprint density at radius 2 is 1.24 bits per heavy atom. The summed E-state index contributed by atoms with van der Waals surface area (Å²) in [6.07, 6.45) is 9.75. The second-order valence-electron chi connectivity index (χ2n) is 9.44. The van der Waals surface area contributed by atoms with Crippen LogP contribution >= 0.6 is 22.1 Å². The Hall–Kier alpha value is -1.30. The van der Waals surface area contributed by atoms with Gasteiger partial charge < -0.3 is 14.8 Å². The standard InChI is InChI=1S/C14H24OS.C12H18O2S.C2H6/c1-12(2)16(3,4)11-7-9-13-8-5-6-10-14(13)15;1-12(2,15-14)9-5-7-10-6-3-4-8-11(10)13;1-2/h5-6,8,10,12,15H,7,9,11H2,1-4H3;3-4,6,8,13-14H,5,7,9H2,1-2H3;1-2H3. The van der Waals surface area contributed by atoms with E-state index in [2.05, 4.69) is 26.4 Å². The molecule has 0 bridgehead atoms. The van der Waals surface area contributed by atoms with Crippen LogP contribution in [0.15, 0.2) is 48.5 Å². The van der Waals surface area contributed by atoms with Gasteiger partial charge in [-0.1, -0.05) is 64.1 Å². The molecule has 3 N–H and O–H groups in total. The van der Waals surface area contributed by atoms with Gasteiger partial charge in [0, 0.05) is 4.75 Å². The van der Waals surface area contributed by atoms with Crippen LogP contribution < -0.4 is 0 Å². The highest BCUT2D eigenvalue weighted by Crippen LogP contribution is 2.45. The van der Waals surface area contributed by atoms with E-state index < -0.39 is 10.0 Å². The number of phenolic OH excluding ortho intramolecular Hbond substituents is 2. The maximum absolute atomic E-state index is 9.66. The molecule has 0 spiro atoms. The van der Waals surface area contributed by atoms with Gasteiger partial charge >= 0.3 is 0 Å². The lowest BCUT2D eigenvalue weighted by Crippen LogP contribution is -2.13. The van der Waals surface area contributed by atoms with Gasteiger partial charge in [-0.15, -0.1) is 0 Å². The molecule has 0 aliphatic carbocycles. The second-order valence-corrected chi connectivity index (χ2v) is 15.3. The zero-order chi connectivity index (χ0) is 25.5. The Bertz CT molecular complexity index is 773. The van der Waals surface area contributed by atoms with Crippen molar-refractivity contribution in [2.45, 2.75) is 83.6 Å².